The predicted molar refractivity (Wildman–Crippen MR) is 84.4 cm³/mol. The summed E-state index contributed by atoms with van der Waals surface area (Å²) < 4.78 is 6.93. The molecule has 1 aliphatic carbocycles. The SMILES string of the molecule is O=C(Cc1nc2ncccn2n1)N1CCC[C@H]1c1noc(C2CC2)n1. The summed E-state index contributed by atoms with van der Waals surface area (Å²) in [5.74, 6) is 2.70. The lowest BCUT2D eigenvalue weighted by atomic mass is 10.2. The van der Waals surface area contributed by atoms with Crippen molar-refractivity contribution in [1.29, 1.82) is 0 Å². The molecule has 1 amide bonds. The van der Waals surface area contributed by atoms with Gasteiger partial charge in [0.05, 0.1) is 12.5 Å². The second-order valence-electron chi connectivity index (χ2n) is 6.58. The molecular weight excluding hydrogens is 322 g/mol. The molecule has 2 aliphatic rings. The van der Waals surface area contributed by atoms with E-state index in [2.05, 4.69) is 25.2 Å². The first kappa shape index (κ1) is 14.5. The average molecular weight is 339 g/mol. The van der Waals surface area contributed by atoms with Gasteiger partial charge in [0.1, 0.15) is 0 Å². The minimum atomic E-state index is -0.112. The van der Waals surface area contributed by atoms with Gasteiger partial charge in [0.15, 0.2) is 11.6 Å². The maximum atomic E-state index is 12.8. The van der Waals surface area contributed by atoms with Crippen molar-refractivity contribution in [3.05, 3.63) is 36.0 Å². The van der Waals surface area contributed by atoms with Gasteiger partial charge in [0.25, 0.3) is 5.78 Å². The second-order valence-corrected chi connectivity index (χ2v) is 6.58. The Morgan fingerprint density at radius 2 is 2.20 bits per heavy atom. The Labute approximate surface area is 143 Å². The highest BCUT2D eigenvalue weighted by Gasteiger charge is 2.36. The van der Waals surface area contributed by atoms with Crippen molar-refractivity contribution in [2.75, 3.05) is 6.54 Å². The molecule has 0 radical (unpaired) electrons. The Morgan fingerprint density at radius 1 is 1.28 bits per heavy atom. The summed E-state index contributed by atoms with van der Waals surface area (Å²) in [6, 6.07) is 1.66. The summed E-state index contributed by atoms with van der Waals surface area (Å²) in [7, 11) is 0. The molecule has 25 heavy (non-hydrogen) atoms. The first-order chi connectivity index (χ1) is 12.3. The smallest absolute Gasteiger partial charge is 0.252 e. The van der Waals surface area contributed by atoms with E-state index < -0.39 is 0 Å². The first-order valence-electron chi connectivity index (χ1n) is 8.57. The van der Waals surface area contributed by atoms with Gasteiger partial charge in [-0.25, -0.2) is 9.50 Å². The summed E-state index contributed by atoms with van der Waals surface area (Å²) in [4.78, 5) is 27.5. The molecule has 2 fully saturated rings. The lowest BCUT2D eigenvalue weighted by Gasteiger charge is -2.21. The molecule has 5 rings (SSSR count). The van der Waals surface area contributed by atoms with Gasteiger partial charge in [-0.2, -0.15) is 9.97 Å². The number of rotatable bonds is 4. The van der Waals surface area contributed by atoms with Crippen LogP contribution in [-0.2, 0) is 11.2 Å². The Bertz CT molecular complexity index is 896. The molecule has 0 bridgehead atoms. The van der Waals surface area contributed by atoms with Crippen LogP contribution in [0.5, 0.6) is 0 Å². The van der Waals surface area contributed by atoms with E-state index in [9.17, 15) is 4.79 Å². The molecule has 0 unspecified atom stereocenters. The Hall–Kier alpha value is -2.84. The summed E-state index contributed by atoms with van der Waals surface area (Å²) in [6.07, 6.45) is 7.58. The molecule has 1 saturated carbocycles. The van der Waals surface area contributed by atoms with E-state index in [-0.39, 0.29) is 18.4 Å². The summed E-state index contributed by atoms with van der Waals surface area (Å²) in [5, 5.41) is 8.41. The molecule has 3 aromatic heterocycles. The number of nitrogens with zero attached hydrogens (tertiary/aromatic N) is 7. The average Bonchev–Trinajstić information content (AvgIpc) is 3.04. The molecule has 128 valence electrons. The van der Waals surface area contributed by atoms with Crippen molar-refractivity contribution >= 4 is 11.7 Å². The Morgan fingerprint density at radius 3 is 3.04 bits per heavy atom. The number of fused-ring (bicyclic) bond motifs is 1. The van der Waals surface area contributed by atoms with Crippen LogP contribution < -0.4 is 0 Å². The number of carbonyl (C=O) groups is 1. The zero-order valence-electron chi connectivity index (χ0n) is 13.6. The van der Waals surface area contributed by atoms with Crippen molar-refractivity contribution in [3.8, 4) is 0 Å². The molecule has 1 saturated heterocycles. The number of hydrogen-bond donors (Lipinski definition) is 0. The molecular formula is C16H17N7O2. The third-order valence-electron chi connectivity index (χ3n) is 4.73. The van der Waals surface area contributed by atoms with Crippen LogP contribution in [0.3, 0.4) is 0 Å². The highest BCUT2D eigenvalue weighted by molar-refractivity contribution is 5.78. The van der Waals surface area contributed by atoms with Crippen molar-refractivity contribution in [1.82, 2.24) is 34.6 Å². The molecule has 1 atom stereocenters. The molecule has 9 nitrogen and oxygen atoms in total. The quantitative estimate of drug-likeness (QED) is 0.705. The van der Waals surface area contributed by atoms with Crippen LogP contribution >= 0.6 is 0 Å². The van der Waals surface area contributed by atoms with Gasteiger partial charge in [-0.05, 0) is 31.7 Å². The third kappa shape index (κ3) is 2.65. The van der Waals surface area contributed by atoms with Crippen LogP contribution in [0.1, 0.15) is 55.2 Å². The maximum Gasteiger partial charge on any atom is 0.252 e. The lowest BCUT2D eigenvalue weighted by Crippen LogP contribution is -2.32. The monoisotopic (exact) mass is 339 g/mol. The third-order valence-corrected chi connectivity index (χ3v) is 4.73. The van der Waals surface area contributed by atoms with Crippen LogP contribution in [0.25, 0.3) is 5.78 Å². The zero-order chi connectivity index (χ0) is 16.8. The van der Waals surface area contributed by atoms with Gasteiger partial charge in [-0.15, -0.1) is 5.10 Å². The van der Waals surface area contributed by atoms with Gasteiger partial charge in [0.2, 0.25) is 11.8 Å². The summed E-state index contributed by atoms with van der Waals surface area (Å²) >= 11 is 0. The predicted octanol–water partition coefficient (Wildman–Crippen LogP) is 1.29. The van der Waals surface area contributed by atoms with Crippen LogP contribution in [0.15, 0.2) is 23.0 Å². The highest BCUT2D eigenvalue weighted by Crippen LogP contribution is 2.40. The molecule has 0 spiro atoms. The fraction of sp³-hybridized carbons (Fsp3) is 0.500. The topological polar surface area (TPSA) is 102 Å². The van der Waals surface area contributed by atoms with Crippen LogP contribution in [-0.4, -0.2) is 47.1 Å². The summed E-state index contributed by atoms with van der Waals surface area (Å²) in [6.45, 7) is 0.697. The molecule has 0 N–H and O–H groups in total. The molecule has 4 heterocycles. The first-order valence-corrected chi connectivity index (χ1v) is 8.57. The Kier molecular flexibility index (Phi) is 3.25. The largest absolute Gasteiger partial charge is 0.339 e. The number of amides is 1. The van der Waals surface area contributed by atoms with Crippen LogP contribution in [0.4, 0.5) is 0 Å². The molecule has 1 aliphatic heterocycles. The molecule has 9 heteroatoms. The number of likely N-dealkylation sites (tertiary alicyclic amines) is 1. The van der Waals surface area contributed by atoms with E-state index in [1.807, 2.05) is 4.90 Å². The van der Waals surface area contributed by atoms with Gasteiger partial charge >= 0.3 is 0 Å². The van der Waals surface area contributed by atoms with Gasteiger partial charge in [0, 0.05) is 24.9 Å². The van der Waals surface area contributed by atoms with Crippen molar-refractivity contribution in [2.24, 2.45) is 0 Å². The van der Waals surface area contributed by atoms with Crippen molar-refractivity contribution in [2.45, 2.75) is 44.1 Å². The number of carbonyl (C=O) groups excluding carboxylic acids is 1. The highest BCUT2D eigenvalue weighted by atomic mass is 16.5. The normalized spacial score (nSPS) is 20.5. The van der Waals surface area contributed by atoms with E-state index in [0.29, 0.717) is 35.8 Å². The van der Waals surface area contributed by atoms with Gasteiger partial charge < -0.3 is 9.42 Å². The van der Waals surface area contributed by atoms with E-state index in [0.717, 1.165) is 25.7 Å². The minimum Gasteiger partial charge on any atom is -0.339 e. The zero-order valence-corrected chi connectivity index (χ0v) is 13.6. The van der Waals surface area contributed by atoms with Crippen LogP contribution in [0, 0.1) is 0 Å². The maximum absolute atomic E-state index is 12.8. The van der Waals surface area contributed by atoms with Crippen molar-refractivity contribution in [3.63, 3.8) is 0 Å². The van der Waals surface area contributed by atoms with E-state index in [1.165, 1.54) is 0 Å². The van der Waals surface area contributed by atoms with E-state index >= 15 is 0 Å². The summed E-state index contributed by atoms with van der Waals surface area (Å²) in [5.41, 5.74) is 0. The fourth-order valence-electron chi connectivity index (χ4n) is 3.30. The minimum absolute atomic E-state index is 0.0174. The number of hydrogen-bond acceptors (Lipinski definition) is 7. The molecule has 3 aromatic rings. The molecule has 0 aromatic carbocycles. The standard InChI is InChI=1S/C16H17N7O2/c24-13(9-12-18-16-17-6-2-8-23(16)20-12)22-7-1-3-11(22)14-19-15(25-21-14)10-4-5-10/h2,6,8,10-11H,1,3-5,7,9H2/t11-/m0/s1. The van der Waals surface area contributed by atoms with E-state index in [1.54, 1.807) is 23.0 Å². The fourth-order valence-corrected chi connectivity index (χ4v) is 3.30. The van der Waals surface area contributed by atoms with Crippen molar-refractivity contribution < 1.29 is 9.32 Å². The van der Waals surface area contributed by atoms with E-state index in [4.69, 9.17) is 4.52 Å². The van der Waals surface area contributed by atoms with Crippen LogP contribution in [0.2, 0.25) is 0 Å². The second kappa shape index (κ2) is 5.61. The lowest BCUT2D eigenvalue weighted by molar-refractivity contribution is -0.131. The Balaban J connectivity index is 1.34. The van der Waals surface area contributed by atoms with Gasteiger partial charge in [-0.3, -0.25) is 4.79 Å². The van der Waals surface area contributed by atoms with Gasteiger partial charge in [-0.1, -0.05) is 5.16 Å². The number of aromatic nitrogens is 6.